The number of hydrogen-bond acceptors (Lipinski definition) is 2. The Bertz CT molecular complexity index is 1040. The van der Waals surface area contributed by atoms with Crippen LogP contribution in [0.25, 0.3) is 11.1 Å². The molecule has 0 bridgehead atoms. The van der Waals surface area contributed by atoms with Gasteiger partial charge in [-0.3, -0.25) is 4.79 Å². The maximum atomic E-state index is 12.3. The van der Waals surface area contributed by atoms with Crippen LogP contribution in [0.1, 0.15) is 27.9 Å². The quantitative estimate of drug-likeness (QED) is 0.514. The van der Waals surface area contributed by atoms with Crippen molar-refractivity contribution in [2.75, 3.05) is 0 Å². The molecule has 2 N–H and O–H groups in total. The first-order valence-electron chi connectivity index (χ1n) is 9.06. The standard InChI is InChI=1S/C23H19Cl2NO3/c24-20-10-6-15(12-21(20)25)7-11-22(27)26-14-18-13-17(8-9-19(18)23(28)29)16-4-2-1-3-5-16/h1-6,8-10,12-13H,7,11,14H2,(H,26,27)(H,28,29). The van der Waals surface area contributed by atoms with Crippen LogP contribution in [0.15, 0.2) is 66.7 Å². The Morgan fingerprint density at radius 3 is 2.31 bits per heavy atom. The second kappa shape index (κ2) is 9.59. The zero-order chi connectivity index (χ0) is 20.8. The van der Waals surface area contributed by atoms with Crippen molar-refractivity contribution < 1.29 is 14.7 Å². The maximum absolute atomic E-state index is 12.3. The van der Waals surface area contributed by atoms with Gasteiger partial charge in [0.1, 0.15) is 0 Å². The Labute approximate surface area is 179 Å². The Kier molecular flexibility index (Phi) is 6.91. The van der Waals surface area contributed by atoms with Crippen LogP contribution in [0.5, 0.6) is 0 Å². The molecular formula is C23H19Cl2NO3. The van der Waals surface area contributed by atoms with E-state index in [9.17, 15) is 14.7 Å². The van der Waals surface area contributed by atoms with E-state index in [-0.39, 0.29) is 24.4 Å². The highest BCUT2D eigenvalue weighted by atomic mass is 35.5. The van der Waals surface area contributed by atoms with Gasteiger partial charge in [-0.25, -0.2) is 4.79 Å². The van der Waals surface area contributed by atoms with Crippen molar-refractivity contribution in [2.24, 2.45) is 0 Å². The number of carboxylic acids is 1. The molecule has 3 aromatic carbocycles. The first-order chi connectivity index (χ1) is 13.9. The van der Waals surface area contributed by atoms with Gasteiger partial charge < -0.3 is 10.4 Å². The molecule has 3 aromatic rings. The lowest BCUT2D eigenvalue weighted by Crippen LogP contribution is -2.24. The lowest BCUT2D eigenvalue weighted by atomic mass is 9.99. The van der Waals surface area contributed by atoms with Crippen LogP contribution in [0.3, 0.4) is 0 Å². The van der Waals surface area contributed by atoms with Crippen LogP contribution in [0, 0.1) is 0 Å². The van der Waals surface area contributed by atoms with E-state index < -0.39 is 5.97 Å². The molecule has 0 radical (unpaired) electrons. The molecule has 0 fully saturated rings. The largest absolute Gasteiger partial charge is 0.478 e. The number of carbonyl (C=O) groups excluding carboxylic acids is 1. The lowest BCUT2D eigenvalue weighted by Gasteiger charge is -2.11. The number of nitrogens with one attached hydrogen (secondary N) is 1. The monoisotopic (exact) mass is 427 g/mol. The van der Waals surface area contributed by atoms with Gasteiger partial charge >= 0.3 is 5.97 Å². The van der Waals surface area contributed by atoms with Gasteiger partial charge in [0, 0.05) is 13.0 Å². The fraction of sp³-hybridized carbons (Fsp3) is 0.130. The normalized spacial score (nSPS) is 10.6. The van der Waals surface area contributed by atoms with Gasteiger partial charge in [0.25, 0.3) is 0 Å². The van der Waals surface area contributed by atoms with Gasteiger partial charge in [0.2, 0.25) is 5.91 Å². The van der Waals surface area contributed by atoms with Gasteiger partial charge in [-0.1, -0.05) is 65.7 Å². The molecule has 0 heterocycles. The van der Waals surface area contributed by atoms with Crippen LogP contribution in [0.2, 0.25) is 10.0 Å². The summed E-state index contributed by atoms with van der Waals surface area (Å²) < 4.78 is 0. The number of hydrogen-bond donors (Lipinski definition) is 2. The Hall–Kier alpha value is -2.82. The first-order valence-corrected chi connectivity index (χ1v) is 9.82. The first kappa shape index (κ1) is 20.9. The number of benzene rings is 3. The minimum absolute atomic E-state index is 0.141. The summed E-state index contributed by atoms with van der Waals surface area (Å²) in [6, 6.07) is 20.1. The molecule has 0 spiro atoms. The topological polar surface area (TPSA) is 66.4 Å². The van der Waals surface area contributed by atoms with E-state index in [0.29, 0.717) is 22.0 Å². The molecule has 0 aliphatic rings. The van der Waals surface area contributed by atoms with E-state index >= 15 is 0 Å². The second-order valence-corrected chi connectivity index (χ2v) is 7.38. The van der Waals surface area contributed by atoms with Crippen LogP contribution >= 0.6 is 23.2 Å². The van der Waals surface area contributed by atoms with Crippen LogP contribution < -0.4 is 5.32 Å². The summed E-state index contributed by atoms with van der Waals surface area (Å²) in [6.45, 7) is 0.141. The third-order valence-electron chi connectivity index (χ3n) is 4.54. The summed E-state index contributed by atoms with van der Waals surface area (Å²) in [5.74, 6) is -1.19. The van der Waals surface area contributed by atoms with E-state index in [0.717, 1.165) is 16.7 Å². The average Bonchev–Trinajstić information content (AvgIpc) is 2.73. The fourth-order valence-corrected chi connectivity index (χ4v) is 3.31. The van der Waals surface area contributed by atoms with Gasteiger partial charge in [-0.05, 0) is 52.9 Å². The smallest absolute Gasteiger partial charge is 0.336 e. The molecule has 3 rings (SSSR count). The summed E-state index contributed by atoms with van der Waals surface area (Å²) in [5, 5.41) is 13.2. The highest BCUT2D eigenvalue weighted by Crippen LogP contribution is 2.24. The van der Waals surface area contributed by atoms with Crippen molar-refractivity contribution in [3.8, 4) is 11.1 Å². The molecule has 1 amide bonds. The Morgan fingerprint density at radius 2 is 1.62 bits per heavy atom. The van der Waals surface area contributed by atoms with E-state index in [4.69, 9.17) is 23.2 Å². The van der Waals surface area contributed by atoms with Crippen LogP contribution in [-0.2, 0) is 17.8 Å². The molecule has 0 saturated heterocycles. The zero-order valence-corrected chi connectivity index (χ0v) is 17.0. The van der Waals surface area contributed by atoms with Crippen molar-refractivity contribution in [1.82, 2.24) is 5.32 Å². The van der Waals surface area contributed by atoms with Crippen molar-refractivity contribution in [1.29, 1.82) is 0 Å². The van der Waals surface area contributed by atoms with Crippen molar-refractivity contribution in [2.45, 2.75) is 19.4 Å². The van der Waals surface area contributed by atoms with E-state index in [2.05, 4.69) is 5.32 Å². The second-order valence-electron chi connectivity index (χ2n) is 6.57. The predicted octanol–water partition coefficient (Wildman–Crippen LogP) is 5.61. The van der Waals surface area contributed by atoms with Crippen LogP contribution in [-0.4, -0.2) is 17.0 Å². The summed E-state index contributed by atoms with van der Waals surface area (Å²) >= 11 is 11.9. The Balaban J connectivity index is 1.67. The molecule has 0 saturated carbocycles. The van der Waals surface area contributed by atoms with Gasteiger partial charge in [-0.15, -0.1) is 0 Å². The lowest BCUT2D eigenvalue weighted by molar-refractivity contribution is -0.121. The molecule has 148 valence electrons. The summed E-state index contributed by atoms with van der Waals surface area (Å²) in [4.78, 5) is 23.8. The SMILES string of the molecule is O=C(CCc1ccc(Cl)c(Cl)c1)NCc1cc(-c2ccccc2)ccc1C(=O)O. The van der Waals surface area contributed by atoms with E-state index in [1.54, 1.807) is 30.3 Å². The summed E-state index contributed by atoms with van der Waals surface area (Å²) in [6.07, 6.45) is 0.775. The van der Waals surface area contributed by atoms with Crippen LogP contribution in [0.4, 0.5) is 0 Å². The van der Waals surface area contributed by atoms with Gasteiger partial charge in [0.15, 0.2) is 0 Å². The number of rotatable bonds is 7. The minimum Gasteiger partial charge on any atom is -0.478 e. The fourth-order valence-electron chi connectivity index (χ4n) is 2.99. The minimum atomic E-state index is -1.02. The third kappa shape index (κ3) is 5.59. The molecular weight excluding hydrogens is 409 g/mol. The van der Waals surface area contributed by atoms with Crippen molar-refractivity contribution in [3.63, 3.8) is 0 Å². The summed E-state index contributed by atoms with van der Waals surface area (Å²) in [7, 11) is 0. The molecule has 0 aliphatic heterocycles. The number of carboxylic acid groups (broad SMARTS) is 1. The van der Waals surface area contributed by atoms with E-state index in [1.807, 2.05) is 36.4 Å². The number of aromatic carboxylic acids is 1. The molecule has 0 aliphatic carbocycles. The highest BCUT2D eigenvalue weighted by molar-refractivity contribution is 6.42. The molecule has 29 heavy (non-hydrogen) atoms. The number of aryl methyl sites for hydroxylation is 1. The molecule has 0 atom stereocenters. The number of halogens is 2. The predicted molar refractivity (Wildman–Crippen MR) is 115 cm³/mol. The molecule has 4 nitrogen and oxygen atoms in total. The number of carbonyl (C=O) groups is 2. The Morgan fingerprint density at radius 1 is 0.862 bits per heavy atom. The number of amides is 1. The highest BCUT2D eigenvalue weighted by Gasteiger charge is 2.13. The average molecular weight is 428 g/mol. The molecule has 0 unspecified atom stereocenters. The van der Waals surface area contributed by atoms with Gasteiger partial charge in [-0.2, -0.15) is 0 Å². The van der Waals surface area contributed by atoms with Crippen molar-refractivity contribution >= 4 is 35.1 Å². The summed E-state index contributed by atoms with van der Waals surface area (Å²) in [5.41, 5.74) is 3.52. The molecule has 6 heteroatoms. The van der Waals surface area contributed by atoms with Crippen molar-refractivity contribution in [3.05, 3.63) is 93.5 Å². The van der Waals surface area contributed by atoms with Gasteiger partial charge in [0.05, 0.1) is 15.6 Å². The molecule has 0 aromatic heterocycles. The third-order valence-corrected chi connectivity index (χ3v) is 5.28. The maximum Gasteiger partial charge on any atom is 0.336 e. The van der Waals surface area contributed by atoms with E-state index in [1.165, 1.54) is 0 Å². The zero-order valence-electron chi connectivity index (χ0n) is 15.5.